The van der Waals surface area contributed by atoms with E-state index in [0.717, 1.165) is 5.69 Å². The molecule has 1 atom stereocenters. The van der Waals surface area contributed by atoms with Crippen LogP contribution in [0.1, 0.15) is 5.56 Å². The van der Waals surface area contributed by atoms with Crippen molar-refractivity contribution in [1.82, 2.24) is 0 Å². The first-order chi connectivity index (χ1) is 4.20. The molecule has 1 aromatic rings. The first kappa shape index (κ1) is 6.57. The second-order valence-electron chi connectivity index (χ2n) is 2.12. The Bertz CT molecular complexity index is 220. The van der Waals surface area contributed by atoms with Crippen molar-refractivity contribution in [2.45, 2.75) is 6.92 Å². The summed E-state index contributed by atoms with van der Waals surface area (Å²) in [5.74, 6) is 0. The van der Waals surface area contributed by atoms with Crippen molar-refractivity contribution in [3.8, 4) is 0 Å². The Hall–Kier alpha value is -0.550. The number of rotatable bonds is 0. The monoisotopic (exact) mass is 139 g/mol. The Labute approximate surface area is 57.5 Å². The summed E-state index contributed by atoms with van der Waals surface area (Å²) in [6.45, 7) is 2.06. The van der Waals surface area contributed by atoms with Crippen LogP contribution < -0.4 is 11.0 Å². The van der Waals surface area contributed by atoms with Crippen molar-refractivity contribution in [2.24, 2.45) is 0 Å². The lowest BCUT2D eigenvalue weighted by Gasteiger charge is -1.98. The van der Waals surface area contributed by atoms with Crippen molar-refractivity contribution in [3.63, 3.8) is 0 Å². The normalized spacial score (nSPS) is 9.56. The molecule has 0 spiro atoms. The number of aryl methyl sites for hydroxylation is 1. The van der Waals surface area contributed by atoms with E-state index in [0.29, 0.717) is 0 Å². The van der Waals surface area contributed by atoms with E-state index in [1.54, 1.807) is 0 Å². The fourth-order valence-electron chi connectivity index (χ4n) is 0.659. The summed E-state index contributed by atoms with van der Waals surface area (Å²) in [4.78, 5) is 0. The standard InChI is InChI=1S/C7H10NP/c1-5-2-3-6(8)4-7(5)9/h2-4H,8-9H2,1H3. The Balaban J connectivity index is 3.17. The maximum atomic E-state index is 5.51. The van der Waals surface area contributed by atoms with Crippen molar-refractivity contribution < 1.29 is 0 Å². The van der Waals surface area contributed by atoms with Crippen LogP contribution in [0.2, 0.25) is 0 Å². The van der Waals surface area contributed by atoms with Gasteiger partial charge < -0.3 is 5.73 Å². The molecule has 0 heterocycles. The van der Waals surface area contributed by atoms with Crippen LogP contribution in [-0.4, -0.2) is 0 Å². The molecule has 1 aromatic carbocycles. The van der Waals surface area contributed by atoms with Crippen molar-refractivity contribution >= 4 is 20.2 Å². The van der Waals surface area contributed by atoms with Crippen LogP contribution in [0.3, 0.4) is 0 Å². The van der Waals surface area contributed by atoms with Crippen LogP contribution in [-0.2, 0) is 0 Å². The summed E-state index contributed by atoms with van der Waals surface area (Å²) in [5.41, 5.74) is 7.60. The molecule has 9 heavy (non-hydrogen) atoms. The van der Waals surface area contributed by atoms with Crippen molar-refractivity contribution in [3.05, 3.63) is 23.8 Å². The molecule has 1 nitrogen and oxygen atoms in total. The van der Waals surface area contributed by atoms with E-state index in [1.165, 1.54) is 10.9 Å². The van der Waals surface area contributed by atoms with Crippen molar-refractivity contribution in [2.75, 3.05) is 5.73 Å². The molecule has 0 amide bonds. The van der Waals surface area contributed by atoms with Gasteiger partial charge in [0.1, 0.15) is 0 Å². The minimum absolute atomic E-state index is 0.825. The van der Waals surface area contributed by atoms with Crippen LogP contribution in [0.15, 0.2) is 18.2 Å². The molecular formula is C7H10NP. The predicted octanol–water partition coefficient (Wildman–Crippen LogP) is 1.08. The summed E-state index contributed by atoms with van der Waals surface area (Å²) in [6.07, 6.45) is 0. The van der Waals surface area contributed by atoms with E-state index < -0.39 is 0 Å². The molecule has 0 saturated heterocycles. The van der Waals surface area contributed by atoms with Crippen LogP contribution in [0.4, 0.5) is 5.69 Å². The Kier molecular flexibility index (Phi) is 1.73. The zero-order valence-corrected chi connectivity index (χ0v) is 6.54. The Morgan fingerprint density at radius 2 is 2.11 bits per heavy atom. The van der Waals surface area contributed by atoms with E-state index in [9.17, 15) is 0 Å². The zero-order chi connectivity index (χ0) is 6.85. The Morgan fingerprint density at radius 1 is 1.44 bits per heavy atom. The molecule has 0 aliphatic rings. The molecule has 2 heteroatoms. The van der Waals surface area contributed by atoms with Crippen LogP contribution in [0, 0.1) is 6.92 Å². The lowest BCUT2D eigenvalue weighted by molar-refractivity contribution is 1.52. The maximum absolute atomic E-state index is 5.51. The van der Waals surface area contributed by atoms with Gasteiger partial charge in [0.05, 0.1) is 0 Å². The van der Waals surface area contributed by atoms with Gasteiger partial charge in [0.2, 0.25) is 0 Å². The number of benzene rings is 1. The molecule has 0 saturated carbocycles. The van der Waals surface area contributed by atoms with Gasteiger partial charge in [-0.25, -0.2) is 0 Å². The molecule has 1 rings (SSSR count). The lowest BCUT2D eigenvalue weighted by atomic mass is 10.2. The highest BCUT2D eigenvalue weighted by atomic mass is 31.0. The highest BCUT2D eigenvalue weighted by Crippen LogP contribution is 2.04. The van der Waals surface area contributed by atoms with Gasteiger partial charge >= 0.3 is 0 Å². The summed E-state index contributed by atoms with van der Waals surface area (Å²) in [7, 11) is 2.64. The van der Waals surface area contributed by atoms with E-state index in [4.69, 9.17) is 5.73 Å². The number of nitrogen functional groups attached to an aromatic ring is 1. The number of hydrogen-bond acceptors (Lipinski definition) is 1. The highest BCUT2D eigenvalue weighted by Gasteiger charge is 1.89. The molecule has 0 aliphatic carbocycles. The van der Waals surface area contributed by atoms with Gasteiger partial charge in [0.15, 0.2) is 0 Å². The third-order valence-electron chi connectivity index (χ3n) is 1.30. The fraction of sp³-hybridized carbons (Fsp3) is 0.143. The maximum Gasteiger partial charge on any atom is 0.0320 e. The molecular weight excluding hydrogens is 129 g/mol. The first-order valence-corrected chi connectivity index (χ1v) is 3.39. The molecule has 0 bridgehead atoms. The van der Waals surface area contributed by atoms with Crippen LogP contribution in [0.5, 0.6) is 0 Å². The molecule has 1 unspecified atom stereocenters. The topological polar surface area (TPSA) is 26.0 Å². The predicted molar refractivity (Wildman–Crippen MR) is 44.9 cm³/mol. The molecule has 0 aromatic heterocycles. The summed E-state index contributed by atoms with van der Waals surface area (Å²) < 4.78 is 0. The van der Waals surface area contributed by atoms with E-state index in [-0.39, 0.29) is 0 Å². The quantitative estimate of drug-likeness (QED) is 0.422. The summed E-state index contributed by atoms with van der Waals surface area (Å²) in [5, 5.41) is 1.18. The largest absolute Gasteiger partial charge is 0.399 e. The van der Waals surface area contributed by atoms with Gasteiger partial charge in [0, 0.05) is 5.69 Å². The van der Waals surface area contributed by atoms with Gasteiger partial charge in [-0.15, -0.1) is 9.24 Å². The number of nitrogens with two attached hydrogens (primary N) is 1. The van der Waals surface area contributed by atoms with E-state index >= 15 is 0 Å². The van der Waals surface area contributed by atoms with E-state index in [1.807, 2.05) is 18.2 Å². The molecule has 0 radical (unpaired) electrons. The molecule has 48 valence electrons. The third kappa shape index (κ3) is 1.43. The summed E-state index contributed by atoms with van der Waals surface area (Å²) in [6, 6.07) is 5.86. The molecule has 0 fully saturated rings. The van der Waals surface area contributed by atoms with Crippen molar-refractivity contribution in [1.29, 1.82) is 0 Å². The average molecular weight is 139 g/mol. The fourth-order valence-corrected chi connectivity index (χ4v) is 0.948. The first-order valence-electron chi connectivity index (χ1n) is 2.82. The van der Waals surface area contributed by atoms with Crippen LogP contribution >= 0.6 is 9.24 Å². The highest BCUT2D eigenvalue weighted by molar-refractivity contribution is 7.27. The summed E-state index contributed by atoms with van der Waals surface area (Å²) >= 11 is 0. The smallest absolute Gasteiger partial charge is 0.0320 e. The minimum Gasteiger partial charge on any atom is -0.399 e. The van der Waals surface area contributed by atoms with Crippen LogP contribution in [0.25, 0.3) is 0 Å². The SMILES string of the molecule is Cc1ccc(N)cc1P. The number of hydrogen-bond donors (Lipinski definition) is 1. The second kappa shape index (κ2) is 2.36. The second-order valence-corrected chi connectivity index (χ2v) is 2.74. The van der Waals surface area contributed by atoms with Gasteiger partial charge in [-0.3, -0.25) is 0 Å². The van der Waals surface area contributed by atoms with Gasteiger partial charge in [-0.1, -0.05) is 6.07 Å². The third-order valence-corrected chi connectivity index (χ3v) is 1.93. The average Bonchev–Trinajstić information content (AvgIpc) is 1.80. The van der Waals surface area contributed by atoms with E-state index in [2.05, 4.69) is 16.2 Å². The van der Waals surface area contributed by atoms with Gasteiger partial charge in [-0.2, -0.15) is 0 Å². The molecule has 2 N–H and O–H groups in total. The minimum atomic E-state index is 0.825. The number of anilines is 1. The molecule has 0 aliphatic heterocycles. The van der Waals surface area contributed by atoms with Gasteiger partial charge in [0.25, 0.3) is 0 Å². The zero-order valence-electron chi connectivity index (χ0n) is 5.39. The van der Waals surface area contributed by atoms with Gasteiger partial charge in [-0.05, 0) is 29.9 Å². The Morgan fingerprint density at radius 3 is 2.56 bits per heavy atom. The lowest BCUT2D eigenvalue weighted by Crippen LogP contribution is -1.97.